The highest BCUT2D eigenvalue weighted by Gasteiger charge is 2.27. The molecule has 1 aromatic heterocycles. The summed E-state index contributed by atoms with van der Waals surface area (Å²) in [5.41, 5.74) is 5.37. The first-order chi connectivity index (χ1) is 15.2. The minimum Gasteiger partial charge on any atom is -0.338 e. The monoisotopic (exact) mass is 409 g/mol. The Bertz CT molecular complexity index is 1200. The first kappa shape index (κ1) is 19.6. The van der Waals surface area contributed by atoms with Crippen molar-refractivity contribution in [1.82, 2.24) is 14.5 Å². The summed E-state index contributed by atoms with van der Waals surface area (Å²) in [7, 11) is 0. The molecule has 1 aliphatic rings. The van der Waals surface area contributed by atoms with E-state index in [2.05, 4.69) is 53.1 Å². The number of amides is 1. The second-order valence-electron chi connectivity index (χ2n) is 8.39. The van der Waals surface area contributed by atoms with Gasteiger partial charge in [-0.05, 0) is 49.1 Å². The van der Waals surface area contributed by atoms with Crippen molar-refractivity contribution in [3.8, 4) is 0 Å². The molecule has 0 spiro atoms. The van der Waals surface area contributed by atoms with E-state index < -0.39 is 0 Å². The van der Waals surface area contributed by atoms with Crippen LogP contribution in [-0.2, 0) is 6.42 Å². The maximum atomic E-state index is 13.0. The molecule has 4 nitrogen and oxygen atoms in total. The lowest BCUT2D eigenvalue weighted by Gasteiger charge is -2.34. The molecule has 1 amide bonds. The molecule has 0 bridgehead atoms. The highest BCUT2D eigenvalue weighted by atomic mass is 16.2. The Balaban J connectivity index is 1.40. The van der Waals surface area contributed by atoms with E-state index in [0.717, 1.165) is 54.8 Å². The predicted molar refractivity (Wildman–Crippen MR) is 124 cm³/mol. The molecule has 0 aliphatic carbocycles. The first-order valence-electron chi connectivity index (χ1n) is 11.1. The van der Waals surface area contributed by atoms with Gasteiger partial charge in [-0.2, -0.15) is 0 Å². The number of carbonyl (C=O) groups is 1. The fourth-order valence-corrected chi connectivity index (χ4v) is 4.72. The van der Waals surface area contributed by atoms with Crippen LogP contribution >= 0.6 is 0 Å². The van der Waals surface area contributed by atoms with Crippen LogP contribution in [0.2, 0.25) is 0 Å². The highest BCUT2D eigenvalue weighted by Crippen LogP contribution is 2.30. The average Bonchev–Trinajstić information content (AvgIpc) is 3.17. The van der Waals surface area contributed by atoms with Crippen LogP contribution in [0.15, 0.2) is 78.9 Å². The summed E-state index contributed by atoms with van der Waals surface area (Å²) in [4.78, 5) is 20.0. The number of imidazole rings is 1. The molecular weight excluding hydrogens is 382 g/mol. The van der Waals surface area contributed by atoms with E-state index in [0.29, 0.717) is 6.04 Å². The van der Waals surface area contributed by atoms with Crippen LogP contribution in [-0.4, -0.2) is 33.4 Å². The molecular formula is C27H27N3O. The second kappa shape index (κ2) is 8.38. The van der Waals surface area contributed by atoms with Crippen LogP contribution in [0.3, 0.4) is 0 Å². The van der Waals surface area contributed by atoms with Crippen LogP contribution in [0, 0.1) is 6.92 Å². The van der Waals surface area contributed by atoms with Crippen molar-refractivity contribution in [3.63, 3.8) is 0 Å². The van der Waals surface area contributed by atoms with Crippen molar-refractivity contribution >= 4 is 16.9 Å². The zero-order valence-electron chi connectivity index (χ0n) is 17.9. The normalized spacial score (nSPS) is 14.8. The van der Waals surface area contributed by atoms with E-state index in [9.17, 15) is 4.79 Å². The molecule has 0 radical (unpaired) electrons. The molecule has 0 N–H and O–H groups in total. The van der Waals surface area contributed by atoms with Crippen molar-refractivity contribution < 1.29 is 4.79 Å². The lowest BCUT2D eigenvalue weighted by molar-refractivity contribution is 0.0694. The van der Waals surface area contributed by atoms with Crippen molar-refractivity contribution in [2.75, 3.05) is 13.1 Å². The topological polar surface area (TPSA) is 38.1 Å². The van der Waals surface area contributed by atoms with E-state index in [-0.39, 0.29) is 5.91 Å². The van der Waals surface area contributed by atoms with Gasteiger partial charge in [-0.15, -0.1) is 0 Å². The Morgan fingerprint density at radius 2 is 1.58 bits per heavy atom. The summed E-state index contributed by atoms with van der Waals surface area (Å²) >= 11 is 0. The average molecular weight is 410 g/mol. The predicted octanol–water partition coefficient (Wildman–Crippen LogP) is 5.41. The Morgan fingerprint density at radius 3 is 2.35 bits per heavy atom. The largest absolute Gasteiger partial charge is 0.338 e. The molecule has 1 saturated heterocycles. The van der Waals surface area contributed by atoms with Crippen LogP contribution in [0.25, 0.3) is 11.0 Å². The van der Waals surface area contributed by atoms with Gasteiger partial charge in [-0.25, -0.2) is 4.98 Å². The smallest absolute Gasteiger partial charge is 0.254 e. The number of fused-ring (bicyclic) bond motifs is 1. The van der Waals surface area contributed by atoms with Gasteiger partial charge in [-0.3, -0.25) is 4.79 Å². The Labute approximate surface area is 183 Å². The number of rotatable bonds is 4. The quantitative estimate of drug-likeness (QED) is 0.452. The standard InChI is InChI=1S/C27H27N3O/c1-20-9-5-6-12-23(20)27(31)29-17-15-22(16-18-29)30-25-14-8-7-13-24(25)28-26(30)19-21-10-3-2-4-11-21/h2-14,22H,15-19H2,1H3. The van der Waals surface area contributed by atoms with Gasteiger partial charge in [0.25, 0.3) is 5.91 Å². The summed E-state index contributed by atoms with van der Waals surface area (Å²) in [6.07, 6.45) is 2.71. The fourth-order valence-electron chi connectivity index (χ4n) is 4.72. The molecule has 2 heterocycles. The third-order valence-corrected chi connectivity index (χ3v) is 6.37. The van der Waals surface area contributed by atoms with Crippen LogP contribution in [0.1, 0.15) is 46.2 Å². The third-order valence-electron chi connectivity index (χ3n) is 6.37. The van der Waals surface area contributed by atoms with Crippen LogP contribution in [0.4, 0.5) is 0 Å². The number of aromatic nitrogens is 2. The summed E-state index contributed by atoms with van der Waals surface area (Å²) < 4.78 is 2.43. The summed E-state index contributed by atoms with van der Waals surface area (Å²) in [5, 5.41) is 0. The number of aryl methyl sites for hydroxylation is 1. The zero-order chi connectivity index (χ0) is 21.2. The third kappa shape index (κ3) is 3.86. The number of para-hydroxylation sites is 2. The van der Waals surface area contributed by atoms with E-state index in [4.69, 9.17) is 4.98 Å². The molecule has 5 rings (SSSR count). The van der Waals surface area contributed by atoms with Gasteiger partial charge < -0.3 is 9.47 Å². The first-order valence-corrected chi connectivity index (χ1v) is 11.1. The van der Waals surface area contributed by atoms with E-state index in [1.807, 2.05) is 42.2 Å². The molecule has 4 aromatic rings. The molecule has 1 aliphatic heterocycles. The molecule has 4 heteroatoms. The van der Waals surface area contributed by atoms with E-state index in [1.165, 1.54) is 11.1 Å². The summed E-state index contributed by atoms with van der Waals surface area (Å²) in [6.45, 7) is 3.55. The Morgan fingerprint density at radius 1 is 0.903 bits per heavy atom. The number of piperidine rings is 1. The molecule has 1 fully saturated rings. The number of carbonyl (C=O) groups excluding carboxylic acids is 1. The van der Waals surface area contributed by atoms with Gasteiger partial charge in [0.15, 0.2) is 0 Å². The van der Waals surface area contributed by atoms with Crippen molar-refractivity contribution in [2.24, 2.45) is 0 Å². The molecule has 0 unspecified atom stereocenters. The van der Waals surface area contributed by atoms with Crippen molar-refractivity contribution in [3.05, 3.63) is 101 Å². The fraction of sp³-hybridized carbons (Fsp3) is 0.259. The maximum Gasteiger partial charge on any atom is 0.254 e. The van der Waals surface area contributed by atoms with Crippen LogP contribution in [0.5, 0.6) is 0 Å². The van der Waals surface area contributed by atoms with Gasteiger partial charge in [0, 0.05) is 31.1 Å². The number of benzene rings is 3. The number of likely N-dealkylation sites (tertiary alicyclic amines) is 1. The lowest BCUT2D eigenvalue weighted by Crippen LogP contribution is -2.39. The lowest BCUT2D eigenvalue weighted by atomic mass is 10.0. The molecule has 0 saturated carbocycles. The minimum atomic E-state index is 0.150. The number of hydrogen-bond acceptors (Lipinski definition) is 2. The number of hydrogen-bond donors (Lipinski definition) is 0. The molecule has 0 atom stereocenters. The molecule has 3 aromatic carbocycles. The van der Waals surface area contributed by atoms with Gasteiger partial charge in [0.1, 0.15) is 5.82 Å². The zero-order valence-corrected chi connectivity index (χ0v) is 17.9. The van der Waals surface area contributed by atoms with Crippen molar-refractivity contribution in [1.29, 1.82) is 0 Å². The van der Waals surface area contributed by atoms with E-state index in [1.54, 1.807) is 0 Å². The summed E-state index contributed by atoms with van der Waals surface area (Å²) in [6, 6.07) is 27.2. The Kier molecular flexibility index (Phi) is 5.29. The second-order valence-corrected chi connectivity index (χ2v) is 8.39. The Hall–Kier alpha value is -3.40. The minimum absolute atomic E-state index is 0.150. The highest BCUT2D eigenvalue weighted by molar-refractivity contribution is 5.95. The van der Waals surface area contributed by atoms with Gasteiger partial charge >= 0.3 is 0 Å². The van der Waals surface area contributed by atoms with Gasteiger partial charge in [-0.1, -0.05) is 60.7 Å². The molecule has 156 valence electrons. The van der Waals surface area contributed by atoms with Gasteiger partial charge in [0.2, 0.25) is 0 Å². The van der Waals surface area contributed by atoms with E-state index >= 15 is 0 Å². The molecule has 31 heavy (non-hydrogen) atoms. The summed E-state index contributed by atoms with van der Waals surface area (Å²) in [5.74, 6) is 1.26. The number of nitrogens with zero attached hydrogens (tertiary/aromatic N) is 3. The SMILES string of the molecule is Cc1ccccc1C(=O)N1CCC(n2c(Cc3ccccc3)nc3ccccc32)CC1. The maximum absolute atomic E-state index is 13.0. The van der Waals surface area contributed by atoms with Crippen molar-refractivity contribution in [2.45, 2.75) is 32.2 Å². The van der Waals surface area contributed by atoms with Crippen LogP contribution < -0.4 is 0 Å². The van der Waals surface area contributed by atoms with Gasteiger partial charge in [0.05, 0.1) is 11.0 Å².